The second-order valence-electron chi connectivity index (χ2n) is 7.77. The van der Waals surface area contributed by atoms with Gasteiger partial charge in [-0.3, -0.25) is 24.0 Å². The molecule has 0 amide bonds. The van der Waals surface area contributed by atoms with Gasteiger partial charge in [0.1, 0.15) is 5.76 Å². The van der Waals surface area contributed by atoms with Crippen LogP contribution in [0, 0.1) is 0 Å². The molecule has 0 aromatic rings. The molecular formula is C26H29NO8. The van der Waals surface area contributed by atoms with Crippen LogP contribution in [0.3, 0.4) is 0 Å². The maximum atomic E-state index is 12.8. The normalized spacial score (nSPS) is 17.4. The van der Waals surface area contributed by atoms with Crippen molar-refractivity contribution in [3.05, 3.63) is 71.7 Å². The van der Waals surface area contributed by atoms with E-state index in [0.717, 1.165) is 0 Å². The highest BCUT2D eigenvalue weighted by Crippen LogP contribution is 2.29. The Balaban J connectivity index is 2.17. The van der Waals surface area contributed by atoms with E-state index in [1.54, 1.807) is 17.1 Å². The molecule has 186 valence electrons. The molecule has 1 N–H and O–H groups in total. The Kier molecular flexibility index (Phi) is 10.1. The minimum atomic E-state index is -0.939. The number of Topliss-reactive ketones (excluding diaryl/α,β-unsaturated/α-hetero) is 2. The number of allylic oxidation sites excluding steroid dienone is 6. The van der Waals surface area contributed by atoms with E-state index in [1.165, 1.54) is 25.2 Å². The van der Waals surface area contributed by atoms with Crippen LogP contribution in [-0.2, 0) is 33.4 Å². The summed E-state index contributed by atoms with van der Waals surface area (Å²) < 4.78 is 10.2. The van der Waals surface area contributed by atoms with Crippen LogP contribution in [0.15, 0.2) is 71.7 Å². The number of ketones is 3. The lowest BCUT2D eigenvalue weighted by atomic mass is 9.96. The monoisotopic (exact) mass is 483 g/mol. The van der Waals surface area contributed by atoms with Gasteiger partial charge in [-0.15, -0.1) is 13.2 Å². The number of aliphatic hydroxyl groups is 1. The van der Waals surface area contributed by atoms with Gasteiger partial charge in [0.2, 0.25) is 11.6 Å². The third-order valence-corrected chi connectivity index (χ3v) is 5.31. The van der Waals surface area contributed by atoms with Crippen molar-refractivity contribution in [3.63, 3.8) is 0 Å². The van der Waals surface area contributed by atoms with Gasteiger partial charge in [0.25, 0.3) is 0 Å². The molecule has 35 heavy (non-hydrogen) atoms. The lowest BCUT2D eigenvalue weighted by molar-refractivity contribution is -0.143. The molecule has 0 spiro atoms. The number of nitrogens with zero attached hydrogens (tertiary/aromatic N) is 1. The third-order valence-electron chi connectivity index (χ3n) is 5.31. The molecule has 0 aromatic heterocycles. The summed E-state index contributed by atoms with van der Waals surface area (Å²) in [6.07, 6.45) is 8.40. The summed E-state index contributed by atoms with van der Waals surface area (Å²) in [6, 6.07) is 0. The quantitative estimate of drug-likeness (QED) is 0.138. The molecule has 0 saturated carbocycles. The summed E-state index contributed by atoms with van der Waals surface area (Å²) in [5, 5.41) is 10.2. The van der Waals surface area contributed by atoms with Crippen molar-refractivity contribution in [2.24, 2.45) is 0 Å². The SMILES string of the molecule is C=CCCOC(=O)CCN(CCC(=O)OCCC=C)C1=CC(=O)/C(=C2/C(=O)C(=O)C(C)=C2O)C=C1. The third kappa shape index (κ3) is 7.23. The average Bonchev–Trinajstić information content (AvgIpc) is 3.02. The van der Waals surface area contributed by atoms with Crippen molar-refractivity contribution in [2.75, 3.05) is 26.3 Å². The van der Waals surface area contributed by atoms with Gasteiger partial charge in [-0.05, 0) is 31.9 Å². The van der Waals surface area contributed by atoms with Crippen molar-refractivity contribution in [1.82, 2.24) is 4.90 Å². The molecule has 9 heteroatoms. The summed E-state index contributed by atoms with van der Waals surface area (Å²) in [6.45, 7) is 9.16. The van der Waals surface area contributed by atoms with E-state index in [-0.39, 0.29) is 55.9 Å². The number of hydrogen-bond donors (Lipinski definition) is 1. The van der Waals surface area contributed by atoms with E-state index in [2.05, 4.69) is 13.2 Å². The van der Waals surface area contributed by atoms with Gasteiger partial charge in [-0.25, -0.2) is 0 Å². The van der Waals surface area contributed by atoms with E-state index in [0.29, 0.717) is 18.5 Å². The molecule has 0 heterocycles. The summed E-state index contributed by atoms with van der Waals surface area (Å²) >= 11 is 0. The zero-order chi connectivity index (χ0) is 26.0. The number of carbonyl (C=O) groups is 5. The number of esters is 2. The number of aliphatic hydroxyl groups excluding tert-OH is 1. The molecule has 0 radical (unpaired) electrons. The first-order chi connectivity index (χ1) is 16.7. The van der Waals surface area contributed by atoms with Crippen molar-refractivity contribution < 1.29 is 38.6 Å². The Morgan fingerprint density at radius 2 is 1.49 bits per heavy atom. The van der Waals surface area contributed by atoms with Gasteiger partial charge < -0.3 is 19.5 Å². The first-order valence-corrected chi connectivity index (χ1v) is 11.2. The second kappa shape index (κ2) is 13.0. The van der Waals surface area contributed by atoms with Crippen LogP contribution in [0.4, 0.5) is 0 Å². The van der Waals surface area contributed by atoms with Crippen LogP contribution in [0.25, 0.3) is 0 Å². The van der Waals surface area contributed by atoms with E-state index in [9.17, 15) is 29.1 Å². The fraction of sp³-hybridized carbons (Fsp3) is 0.346. The molecule has 2 aliphatic carbocycles. The number of hydrogen-bond acceptors (Lipinski definition) is 9. The Hall–Kier alpha value is -4.01. The number of ether oxygens (including phenoxy) is 2. The molecule has 0 atom stereocenters. The van der Waals surface area contributed by atoms with E-state index in [1.807, 2.05) is 0 Å². The van der Waals surface area contributed by atoms with Gasteiger partial charge in [0.15, 0.2) is 5.78 Å². The maximum Gasteiger partial charge on any atom is 0.307 e. The molecule has 0 aromatic carbocycles. The molecular weight excluding hydrogens is 454 g/mol. The van der Waals surface area contributed by atoms with Gasteiger partial charge in [0.05, 0.1) is 31.6 Å². The smallest absolute Gasteiger partial charge is 0.307 e. The fourth-order valence-electron chi connectivity index (χ4n) is 3.33. The first kappa shape index (κ1) is 27.2. The second-order valence-corrected chi connectivity index (χ2v) is 7.77. The minimum Gasteiger partial charge on any atom is -0.507 e. The van der Waals surface area contributed by atoms with Crippen molar-refractivity contribution in [2.45, 2.75) is 32.6 Å². The number of rotatable bonds is 13. The Bertz CT molecular complexity index is 1030. The molecule has 0 aliphatic heterocycles. The molecule has 0 fully saturated rings. The summed E-state index contributed by atoms with van der Waals surface area (Å²) in [5.41, 5.74) is -0.143. The average molecular weight is 484 g/mol. The van der Waals surface area contributed by atoms with Crippen LogP contribution < -0.4 is 0 Å². The molecule has 2 rings (SSSR count). The largest absolute Gasteiger partial charge is 0.507 e. The van der Waals surface area contributed by atoms with E-state index in [4.69, 9.17) is 9.47 Å². The topological polar surface area (TPSA) is 127 Å². The van der Waals surface area contributed by atoms with Gasteiger partial charge in [-0.2, -0.15) is 0 Å². The van der Waals surface area contributed by atoms with Crippen molar-refractivity contribution in [3.8, 4) is 0 Å². The van der Waals surface area contributed by atoms with E-state index >= 15 is 0 Å². The summed E-state index contributed by atoms with van der Waals surface area (Å²) in [7, 11) is 0. The maximum absolute atomic E-state index is 12.8. The van der Waals surface area contributed by atoms with Crippen LogP contribution in [0.2, 0.25) is 0 Å². The zero-order valence-corrected chi connectivity index (χ0v) is 19.7. The van der Waals surface area contributed by atoms with Crippen molar-refractivity contribution >= 4 is 29.3 Å². The van der Waals surface area contributed by atoms with Crippen LogP contribution in [-0.4, -0.2) is 65.6 Å². The van der Waals surface area contributed by atoms with E-state index < -0.39 is 35.0 Å². The van der Waals surface area contributed by atoms with Crippen LogP contribution in [0.5, 0.6) is 0 Å². The van der Waals surface area contributed by atoms with Crippen molar-refractivity contribution in [1.29, 1.82) is 0 Å². The molecule has 9 nitrogen and oxygen atoms in total. The summed E-state index contributed by atoms with van der Waals surface area (Å²) in [5.74, 6) is -3.78. The van der Waals surface area contributed by atoms with Gasteiger partial charge in [0, 0.05) is 36.0 Å². The highest BCUT2D eigenvalue weighted by atomic mass is 16.5. The predicted octanol–water partition coefficient (Wildman–Crippen LogP) is 2.61. The molecule has 0 saturated heterocycles. The lowest BCUT2D eigenvalue weighted by Crippen LogP contribution is -2.30. The van der Waals surface area contributed by atoms with Gasteiger partial charge in [-0.1, -0.05) is 12.2 Å². The first-order valence-electron chi connectivity index (χ1n) is 11.2. The Labute approximate surface area is 203 Å². The minimum absolute atomic E-state index is 0.00563. The molecule has 0 unspecified atom stereocenters. The highest BCUT2D eigenvalue weighted by Gasteiger charge is 2.37. The van der Waals surface area contributed by atoms with Crippen LogP contribution in [0.1, 0.15) is 32.6 Å². The zero-order valence-electron chi connectivity index (χ0n) is 19.7. The predicted molar refractivity (Wildman–Crippen MR) is 127 cm³/mol. The summed E-state index contributed by atoms with van der Waals surface area (Å²) in [4.78, 5) is 62.6. The molecule has 2 aliphatic rings. The number of carbonyl (C=O) groups excluding carboxylic acids is 5. The Morgan fingerprint density at radius 3 is 1.91 bits per heavy atom. The van der Waals surface area contributed by atoms with Gasteiger partial charge >= 0.3 is 11.9 Å². The lowest BCUT2D eigenvalue weighted by Gasteiger charge is -2.26. The standard InChI is InChI=1S/C26H29NO8/c1-4-6-14-34-21(29)10-12-27(13-11-22(30)35-15-7-5-2)18-8-9-19(20(28)16-18)23-24(31)17(3)25(32)26(23)33/h4-5,8-9,16,31H,1-2,6-7,10-15H2,3H3/b23-19+. The Morgan fingerprint density at radius 1 is 0.943 bits per heavy atom. The fourth-order valence-corrected chi connectivity index (χ4v) is 3.33. The highest BCUT2D eigenvalue weighted by molar-refractivity contribution is 6.54. The molecule has 0 bridgehead atoms. The van der Waals surface area contributed by atoms with Crippen LogP contribution >= 0.6 is 0 Å².